The van der Waals surface area contributed by atoms with Gasteiger partial charge in [-0.25, -0.2) is 8.42 Å². The van der Waals surface area contributed by atoms with Crippen molar-refractivity contribution in [1.29, 1.82) is 0 Å². The van der Waals surface area contributed by atoms with Gasteiger partial charge in [-0.2, -0.15) is 0 Å². The quantitative estimate of drug-likeness (QED) is 0.385. The molecule has 0 saturated carbocycles. The molecular weight excluding hydrogens is 460 g/mol. The number of unbranched alkanes of at least 4 members (excludes halogenated alkanes) is 1. The first-order chi connectivity index (χ1) is 16.2. The molecule has 1 heterocycles. The maximum atomic E-state index is 12.8. The Bertz CT molecular complexity index is 1110. The molecule has 2 N–H and O–H groups in total. The molecule has 184 valence electrons. The monoisotopic (exact) mass is 490 g/mol. The molecule has 3 rings (SSSR count). The number of nitro benzene ring substituents is 1. The molecule has 1 saturated heterocycles. The van der Waals surface area contributed by atoms with Crippen molar-refractivity contribution in [3.05, 3.63) is 58.1 Å². The smallest absolute Gasteiger partial charge is 0.271 e. The van der Waals surface area contributed by atoms with Gasteiger partial charge in [0.25, 0.3) is 21.6 Å². The number of sulfonamides is 1. The Morgan fingerprint density at radius 1 is 1.18 bits per heavy atom. The molecular formula is C23H30N4O6S. The van der Waals surface area contributed by atoms with Crippen LogP contribution in [0.3, 0.4) is 0 Å². The van der Waals surface area contributed by atoms with E-state index < -0.39 is 14.9 Å². The Balaban J connectivity index is 1.64. The third-order valence-electron chi connectivity index (χ3n) is 5.82. The van der Waals surface area contributed by atoms with Crippen LogP contribution >= 0.6 is 0 Å². The number of amides is 1. The average molecular weight is 491 g/mol. The number of hydrogen-bond acceptors (Lipinski definition) is 7. The van der Waals surface area contributed by atoms with Crippen LogP contribution in [0.5, 0.6) is 5.75 Å². The van der Waals surface area contributed by atoms with Crippen LogP contribution in [0.2, 0.25) is 0 Å². The van der Waals surface area contributed by atoms with E-state index in [4.69, 9.17) is 4.74 Å². The number of piperidine rings is 1. The van der Waals surface area contributed by atoms with E-state index in [1.165, 1.54) is 49.9 Å². The number of methoxy groups -OCH3 is 1. The summed E-state index contributed by atoms with van der Waals surface area (Å²) >= 11 is 0. The van der Waals surface area contributed by atoms with Gasteiger partial charge in [-0.1, -0.05) is 13.3 Å². The molecule has 34 heavy (non-hydrogen) atoms. The van der Waals surface area contributed by atoms with Crippen LogP contribution in [0.25, 0.3) is 0 Å². The van der Waals surface area contributed by atoms with Crippen molar-refractivity contribution < 1.29 is 22.9 Å². The van der Waals surface area contributed by atoms with E-state index in [9.17, 15) is 23.3 Å². The second-order valence-electron chi connectivity index (χ2n) is 8.21. The largest absolute Gasteiger partial charge is 0.495 e. The minimum Gasteiger partial charge on any atom is -0.495 e. The lowest BCUT2D eigenvalue weighted by atomic mass is 10.0. The van der Waals surface area contributed by atoms with Gasteiger partial charge in [-0.3, -0.25) is 19.6 Å². The van der Waals surface area contributed by atoms with Gasteiger partial charge in [0.2, 0.25) is 0 Å². The lowest BCUT2D eigenvalue weighted by molar-refractivity contribution is -0.384. The van der Waals surface area contributed by atoms with E-state index in [1.54, 1.807) is 0 Å². The van der Waals surface area contributed by atoms with Crippen molar-refractivity contribution in [2.45, 2.75) is 43.5 Å². The maximum Gasteiger partial charge on any atom is 0.271 e. The Morgan fingerprint density at radius 2 is 1.85 bits per heavy atom. The van der Waals surface area contributed by atoms with Crippen LogP contribution in [-0.4, -0.2) is 56.9 Å². The number of benzene rings is 2. The molecule has 0 radical (unpaired) electrons. The second kappa shape index (κ2) is 11.3. The summed E-state index contributed by atoms with van der Waals surface area (Å²) in [5.41, 5.74) is 0.0332. The van der Waals surface area contributed by atoms with Crippen molar-refractivity contribution in [3.8, 4) is 5.75 Å². The molecule has 10 nitrogen and oxygen atoms in total. The van der Waals surface area contributed by atoms with E-state index in [1.807, 2.05) is 0 Å². The second-order valence-corrected chi connectivity index (χ2v) is 9.90. The summed E-state index contributed by atoms with van der Waals surface area (Å²) in [6, 6.07) is 9.28. The van der Waals surface area contributed by atoms with Crippen LogP contribution in [0.15, 0.2) is 47.4 Å². The lowest BCUT2D eigenvalue weighted by Gasteiger charge is -2.32. The van der Waals surface area contributed by atoms with Gasteiger partial charge in [0, 0.05) is 36.8 Å². The Labute approximate surface area is 199 Å². The number of carbonyl (C=O) groups is 1. The van der Waals surface area contributed by atoms with Gasteiger partial charge >= 0.3 is 0 Å². The fraction of sp³-hybridized carbons (Fsp3) is 0.435. The first kappa shape index (κ1) is 25.4. The third-order valence-corrected chi connectivity index (χ3v) is 7.20. The summed E-state index contributed by atoms with van der Waals surface area (Å²) in [6.07, 6.45) is 4.11. The number of nitrogens with zero attached hydrogens (tertiary/aromatic N) is 2. The van der Waals surface area contributed by atoms with Crippen molar-refractivity contribution in [2.75, 3.05) is 31.5 Å². The standard InChI is InChI=1S/C23H30N4O6S/c1-3-4-13-26-14-11-18(12-15-26)24-23(28)17-5-8-20(9-6-17)34(31,32)25-21-16-19(27(29)30)7-10-22(21)33-2/h5-10,16,18,25H,3-4,11-15H2,1-2H3,(H,24,28). The molecule has 1 aliphatic rings. The van der Waals surface area contributed by atoms with E-state index in [-0.39, 0.29) is 34.0 Å². The number of likely N-dealkylation sites (tertiary alicyclic amines) is 1. The van der Waals surface area contributed by atoms with Crippen LogP contribution < -0.4 is 14.8 Å². The molecule has 0 unspecified atom stereocenters. The van der Waals surface area contributed by atoms with E-state index >= 15 is 0 Å². The first-order valence-corrected chi connectivity index (χ1v) is 12.7. The Kier molecular flexibility index (Phi) is 8.46. The van der Waals surface area contributed by atoms with Crippen molar-refractivity contribution in [1.82, 2.24) is 10.2 Å². The van der Waals surface area contributed by atoms with Crippen molar-refractivity contribution >= 4 is 27.3 Å². The zero-order valence-corrected chi connectivity index (χ0v) is 20.1. The molecule has 0 aromatic heterocycles. The third kappa shape index (κ3) is 6.45. The van der Waals surface area contributed by atoms with E-state index in [0.29, 0.717) is 5.56 Å². The molecule has 0 spiro atoms. The molecule has 0 bridgehead atoms. The summed E-state index contributed by atoms with van der Waals surface area (Å²) in [5.74, 6) is -0.102. The molecule has 1 amide bonds. The van der Waals surface area contributed by atoms with Crippen LogP contribution in [0, 0.1) is 10.1 Å². The normalized spacial score (nSPS) is 15.0. The molecule has 1 aliphatic heterocycles. The zero-order chi connectivity index (χ0) is 24.7. The number of hydrogen-bond donors (Lipinski definition) is 2. The number of anilines is 1. The predicted octanol–water partition coefficient (Wildman–Crippen LogP) is 3.40. The minimum absolute atomic E-state index is 0.0520. The summed E-state index contributed by atoms with van der Waals surface area (Å²) in [5, 5.41) is 14.1. The van der Waals surface area contributed by atoms with Crippen LogP contribution in [0.1, 0.15) is 43.0 Å². The van der Waals surface area contributed by atoms with Gasteiger partial charge in [-0.05, 0) is 56.1 Å². The highest BCUT2D eigenvalue weighted by Crippen LogP contribution is 2.30. The van der Waals surface area contributed by atoms with Gasteiger partial charge in [0.15, 0.2) is 0 Å². The highest BCUT2D eigenvalue weighted by molar-refractivity contribution is 7.92. The van der Waals surface area contributed by atoms with Crippen LogP contribution in [0.4, 0.5) is 11.4 Å². The lowest BCUT2D eigenvalue weighted by Crippen LogP contribution is -2.44. The molecule has 0 aliphatic carbocycles. The van der Waals surface area contributed by atoms with E-state index in [0.717, 1.165) is 45.0 Å². The highest BCUT2D eigenvalue weighted by atomic mass is 32.2. The topological polar surface area (TPSA) is 131 Å². The fourth-order valence-electron chi connectivity index (χ4n) is 3.83. The van der Waals surface area contributed by atoms with Crippen molar-refractivity contribution in [3.63, 3.8) is 0 Å². The minimum atomic E-state index is -4.06. The highest BCUT2D eigenvalue weighted by Gasteiger charge is 2.22. The zero-order valence-electron chi connectivity index (χ0n) is 19.3. The number of nitrogens with one attached hydrogen (secondary N) is 2. The molecule has 11 heteroatoms. The molecule has 1 fully saturated rings. The SMILES string of the molecule is CCCCN1CCC(NC(=O)c2ccc(S(=O)(=O)Nc3cc([N+](=O)[O-])ccc3OC)cc2)CC1. The number of non-ortho nitro benzene ring substituents is 1. The number of carbonyl (C=O) groups excluding carboxylic acids is 1. The summed E-state index contributed by atoms with van der Waals surface area (Å²) in [7, 11) is -2.73. The maximum absolute atomic E-state index is 12.8. The molecule has 0 atom stereocenters. The van der Waals surface area contributed by atoms with Gasteiger partial charge in [0.1, 0.15) is 5.75 Å². The Hall–Kier alpha value is -3.18. The summed E-state index contributed by atoms with van der Waals surface area (Å²) < 4.78 is 33.1. The summed E-state index contributed by atoms with van der Waals surface area (Å²) in [4.78, 5) is 25.4. The van der Waals surface area contributed by atoms with E-state index in [2.05, 4.69) is 21.9 Å². The Morgan fingerprint density at radius 3 is 2.44 bits per heavy atom. The van der Waals surface area contributed by atoms with Crippen LogP contribution in [-0.2, 0) is 10.0 Å². The first-order valence-electron chi connectivity index (χ1n) is 11.2. The number of ether oxygens (including phenoxy) is 1. The van der Waals surface area contributed by atoms with Gasteiger partial charge in [-0.15, -0.1) is 0 Å². The number of nitro groups is 1. The van der Waals surface area contributed by atoms with Gasteiger partial charge in [0.05, 0.1) is 22.6 Å². The van der Waals surface area contributed by atoms with Crippen molar-refractivity contribution in [2.24, 2.45) is 0 Å². The summed E-state index contributed by atoms with van der Waals surface area (Å²) in [6.45, 7) is 5.16. The molecule has 2 aromatic carbocycles. The fourth-order valence-corrected chi connectivity index (χ4v) is 4.89. The predicted molar refractivity (Wildman–Crippen MR) is 129 cm³/mol. The molecule has 2 aromatic rings. The average Bonchev–Trinajstić information content (AvgIpc) is 2.83. The number of rotatable bonds is 10. The van der Waals surface area contributed by atoms with Gasteiger partial charge < -0.3 is 15.0 Å².